The third-order valence-electron chi connectivity index (χ3n) is 6.22. The molecule has 2 N–H and O–H groups in total. The molecule has 0 unspecified atom stereocenters. The summed E-state index contributed by atoms with van der Waals surface area (Å²) in [6.45, 7) is 3.55. The SMILES string of the molecule is CC1=NN(C(=O)CSc2nnc(SCC(=O)N3N=C(C)C[C@@]3(O)c3ccccc3)s2)[C@](O)(c2ccccc2)C1. The predicted octanol–water partition coefficient (Wildman–Crippen LogP) is 3.63. The Kier molecular flexibility index (Phi) is 7.87. The summed E-state index contributed by atoms with van der Waals surface area (Å²) in [6, 6.07) is 18.0. The van der Waals surface area contributed by atoms with Gasteiger partial charge in [0, 0.05) is 35.4 Å². The molecule has 2 aliphatic heterocycles. The van der Waals surface area contributed by atoms with Gasteiger partial charge >= 0.3 is 0 Å². The lowest BCUT2D eigenvalue weighted by molar-refractivity contribution is -0.155. The minimum Gasteiger partial charge on any atom is -0.365 e. The van der Waals surface area contributed by atoms with Crippen LogP contribution in [0, 0.1) is 0 Å². The first-order chi connectivity index (χ1) is 18.7. The number of aromatic nitrogens is 2. The molecule has 10 nitrogen and oxygen atoms in total. The highest BCUT2D eigenvalue weighted by atomic mass is 32.2. The summed E-state index contributed by atoms with van der Waals surface area (Å²) in [5, 5.41) is 41.7. The van der Waals surface area contributed by atoms with Crippen LogP contribution in [0.3, 0.4) is 0 Å². The van der Waals surface area contributed by atoms with Gasteiger partial charge in [-0.25, -0.2) is 0 Å². The summed E-state index contributed by atoms with van der Waals surface area (Å²) in [7, 11) is 0. The van der Waals surface area contributed by atoms with Gasteiger partial charge in [0.05, 0.1) is 11.5 Å². The molecule has 0 saturated heterocycles. The van der Waals surface area contributed by atoms with Crippen molar-refractivity contribution in [2.75, 3.05) is 11.5 Å². The fourth-order valence-corrected chi connectivity index (χ4v) is 7.21. The summed E-state index contributed by atoms with van der Waals surface area (Å²) >= 11 is 3.65. The van der Waals surface area contributed by atoms with Crippen LogP contribution in [-0.4, -0.2) is 65.2 Å². The zero-order valence-corrected chi connectivity index (χ0v) is 23.7. The number of hydrogen-bond acceptors (Lipinski definition) is 11. The van der Waals surface area contributed by atoms with Gasteiger partial charge in [0.15, 0.2) is 20.1 Å². The van der Waals surface area contributed by atoms with Gasteiger partial charge in [0.2, 0.25) is 0 Å². The van der Waals surface area contributed by atoms with Crippen molar-refractivity contribution in [3.05, 3.63) is 71.8 Å². The fraction of sp³-hybridized carbons (Fsp3) is 0.308. The summed E-state index contributed by atoms with van der Waals surface area (Å²) in [5.41, 5.74) is -0.529. The van der Waals surface area contributed by atoms with E-state index in [-0.39, 0.29) is 36.2 Å². The second-order valence-corrected chi connectivity index (χ2v) is 12.6. The second kappa shape index (κ2) is 11.2. The van der Waals surface area contributed by atoms with Crippen LogP contribution in [0.25, 0.3) is 0 Å². The lowest BCUT2D eigenvalue weighted by Gasteiger charge is -2.31. The van der Waals surface area contributed by atoms with Crippen LogP contribution in [0.5, 0.6) is 0 Å². The van der Waals surface area contributed by atoms with Crippen LogP contribution >= 0.6 is 34.9 Å². The highest BCUT2D eigenvalue weighted by Gasteiger charge is 2.45. The summed E-state index contributed by atoms with van der Waals surface area (Å²) in [5.74, 6) is -0.693. The first-order valence-corrected chi connectivity index (χ1v) is 14.9. The molecule has 2 aliphatic rings. The molecular weight excluding hydrogens is 557 g/mol. The van der Waals surface area contributed by atoms with Crippen molar-refractivity contribution in [2.24, 2.45) is 10.2 Å². The normalized spacial score (nSPS) is 22.7. The van der Waals surface area contributed by atoms with Crippen LogP contribution in [0.15, 0.2) is 79.5 Å². The number of amides is 2. The Hall–Kier alpha value is -3.10. The zero-order valence-electron chi connectivity index (χ0n) is 21.2. The third-order valence-corrected chi connectivity index (χ3v) is 9.38. The van der Waals surface area contributed by atoms with Gasteiger partial charge in [-0.2, -0.15) is 20.2 Å². The number of benzene rings is 2. The van der Waals surface area contributed by atoms with E-state index in [0.29, 0.717) is 31.2 Å². The first kappa shape index (κ1) is 27.5. The summed E-state index contributed by atoms with van der Waals surface area (Å²) in [4.78, 5) is 26.1. The summed E-state index contributed by atoms with van der Waals surface area (Å²) < 4.78 is 1.11. The Morgan fingerprint density at radius 1 is 0.769 bits per heavy atom. The molecule has 2 amide bonds. The zero-order chi connectivity index (χ0) is 27.6. The van der Waals surface area contributed by atoms with Gasteiger partial charge in [-0.1, -0.05) is 95.5 Å². The number of aliphatic hydroxyl groups is 2. The maximum atomic E-state index is 13.0. The molecule has 0 aliphatic carbocycles. The molecule has 202 valence electrons. The van der Waals surface area contributed by atoms with Crippen molar-refractivity contribution in [1.82, 2.24) is 20.2 Å². The minimum absolute atomic E-state index is 0.00995. The lowest BCUT2D eigenvalue weighted by atomic mass is 9.98. The number of nitrogens with zero attached hydrogens (tertiary/aromatic N) is 6. The molecule has 2 aromatic carbocycles. The molecule has 13 heteroatoms. The average molecular weight is 583 g/mol. The molecule has 3 heterocycles. The van der Waals surface area contributed by atoms with Crippen molar-refractivity contribution in [3.63, 3.8) is 0 Å². The molecule has 0 spiro atoms. The van der Waals surface area contributed by atoms with E-state index in [1.165, 1.54) is 34.9 Å². The van der Waals surface area contributed by atoms with Crippen LogP contribution < -0.4 is 0 Å². The number of hydrogen-bond donors (Lipinski definition) is 2. The standard InChI is InChI=1S/C26H26N6O4S3/c1-17-13-25(35,19-9-5-3-6-10-19)31(29-17)21(33)15-37-23-27-28-24(39-23)38-16-22(34)32-26(36,14-18(2)30-32)20-11-7-4-8-12-20/h3-12,35-36H,13-16H2,1-2H3/t25-,26-/m1/s1. The van der Waals surface area contributed by atoms with Crippen molar-refractivity contribution in [2.45, 2.75) is 46.8 Å². The Balaban J connectivity index is 1.18. The number of hydrazone groups is 2. The smallest absolute Gasteiger partial charge is 0.256 e. The molecule has 5 rings (SSSR count). The van der Waals surface area contributed by atoms with Gasteiger partial charge in [0.25, 0.3) is 11.8 Å². The molecule has 0 bridgehead atoms. The fourth-order valence-electron chi connectivity index (χ4n) is 4.51. The van der Waals surface area contributed by atoms with Crippen LogP contribution in [0.2, 0.25) is 0 Å². The quantitative estimate of drug-likeness (QED) is 0.385. The van der Waals surface area contributed by atoms with Gasteiger partial charge in [-0.05, 0) is 13.8 Å². The van der Waals surface area contributed by atoms with Crippen LogP contribution in [0.4, 0.5) is 0 Å². The Labute approximate surface area is 237 Å². The van der Waals surface area contributed by atoms with Gasteiger partial charge in [0.1, 0.15) is 0 Å². The molecule has 0 saturated carbocycles. The van der Waals surface area contributed by atoms with E-state index < -0.39 is 11.4 Å². The van der Waals surface area contributed by atoms with Gasteiger partial charge < -0.3 is 10.2 Å². The highest BCUT2D eigenvalue weighted by Crippen LogP contribution is 2.38. The third kappa shape index (κ3) is 5.63. The van der Waals surface area contributed by atoms with Crippen LogP contribution in [-0.2, 0) is 21.0 Å². The van der Waals surface area contributed by atoms with E-state index in [4.69, 9.17) is 0 Å². The van der Waals surface area contributed by atoms with Crippen molar-refractivity contribution in [1.29, 1.82) is 0 Å². The molecule has 2 atom stereocenters. The minimum atomic E-state index is -1.52. The van der Waals surface area contributed by atoms with E-state index in [2.05, 4.69) is 20.4 Å². The number of carbonyl (C=O) groups is 2. The molecule has 39 heavy (non-hydrogen) atoms. The predicted molar refractivity (Wildman–Crippen MR) is 151 cm³/mol. The van der Waals surface area contributed by atoms with Crippen LogP contribution in [0.1, 0.15) is 37.8 Å². The molecule has 1 aromatic heterocycles. The summed E-state index contributed by atoms with van der Waals surface area (Å²) in [6.07, 6.45) is 0.474. The van der Waals surface area contributed by atoms with E-state index in [1.807, 2.05) is 36.4 Å². The van der Waals surface area contributed by atoms with E-state index in [1.54, 1.807) is 38.1 Å². The van der Waals surface area contributed by atoms with E-state index in [0.717, 1.165) is 10.0 Å². The highest BCUT2D eigenvalue weighted by molar-refractivity contribution is 8.03. The van der Waals surface area contributed by atoms with Crippen molar-refractivity contribution >= 4 is 58.1 Å². The number of thioether (sulfide) groups is 2. The monoisotopic (exact) mass is 582 g/mol. The Bertz CT molecular complexity index is 1330. The first-order valence-electron chi connectivity index (χ1n) is 12.1. The second-order valence-electron chi connectivity index (χ2n) is 9.21. The molecule has 3 aromatic rings. The Morgan fingerprint density at radius 2 is 1.15 bits per heavy atom. The maximum Gasteiger partial charge on any atom is 0.256 e. The van der Waals surface area contributed by atoms with Crippen molar-refractivity contribution < 1.29 is 19.8 Å². The topological polar surface area (TPSA) is 132 Å². The molecular formula is C26H26N6O4S3. The molecule has 0 fully saturated rings. The van der Waals surface area contributed by atoms with E-state index >= 15 is 0 Å². The average Bonchev–Trinajstić information content (AvgIpc) is 3.62. The largest absolute Gasteiger partial charge is 0.365 e. The van der Waals surface area contributed by atoms with Gasteiger partial charge in [-0.15, -0.1) is 10.2 Å². The lowest BCUT2D eigenvalue weighted by Crippen LogP contribution is -2.44. The maximum absolute atomic E-state index is 13.0. The van der Waals surface area contributed by atoms with Gasteiger partial charge in [-0.3, -0.25) is 9.59 Å². The molecule has 0 radical (unpaired) electrons. The van der Waals surface area contributed by atoms with E-state index in [9.17, 15) is 19.8 Å². The number of carbonyl (C=O) groups excluding carboxylic acids is 2. The number of rotatable bonds is 8. The Morgan fingerprint density at radius 3 is 1.54 bits per heavy atom. The van der Waals surface area contributed by atoms with Crippen molar-refractivity contribution in [3.8, 4) is 0 Å².